The number of rotatable bonds is 2. The van der Waals surface area contributed by atoms with Gasteiger partial charge in [-0.3, -0.25) is 4.79 Å². The molecule has 0 aliphatic heterocycles. The van der Waals surface area contributed by atoms with Gasteiger partial charge in [0.25, 0.3) is 5.91 Å². The lowest BCUT2D eigenvalue weighted by molar-refractivity contribution is 0.102. The van der Waals surface area contributed by atoms with Gasteiger partial charge in [-0.25, -0.2) is 0 Å². The van der Waals surface area contributed by atoms with Crippen molar-refractivity contribution in [1.29, 1.82) is 0 Å². The van der Waals surface area contributed by atoms with Crippen LogP contribution in [0.4, 0.5) is 5.69 Å². The molecule has 0 spiro atoms. The summed E-state index contributed by atoms with van der Waals surface area (Å²) in [5, 5.41) is 12.5. The van der Waals surface area contributed by atoms with Crippen LogP contribution in [-0.4, -0.2) is 16.1 Å². The number of carbonyl (C=O) groups is 1. The van der Waals surface area contributed by atoms with Crippen LogP contribution in [0, 0.1) is 0 Å². The minimum absolute atomic E-state index is 0.248. The molecule has 1 amide bonds. The SMILES string of the molecule is O=C(Nc1ccc2ccccc2c1)c1nnc(Cl)s1. The molecule has 19 heavy (non-hydrogen) atoms. The summed E-state index contributed by atoms with van der Waals surface area (Å²) in [4.78, 5) is 11.9. The Balaban J connectivity index is 1.87. The molecule has 3 aromatic rings. The first kappa shape index (κ1) is 12.1. The van der Waals surface area contributed by atoms with Gasteiger partial charge in [0.15, 0.2) is 0 Å². The first-order valence-corrected chi connectivity index (χ1v) is 6.71. The normalized spacial score (nSPS) is 10.6. The second-order valence-electron chi connectivity index (χ2n) is 3.88. The lowest BCUT2D eigenvalue weighted by atomic mass is 10.1. The molecule has 0 fully saturated rings. The van der Waals surface area contributed by atoms with Gasteiger partial charge < -0.3 is 5.32 Å². The van der Waals surface area contributed by atoms with Crippen molar-refractivity contribution in [2.75, 3.05) is 5.32 Å². The lowest BCUT2D eigenvalue weighted by Gasteiger charge is -2.04. The molecule has 1 N–H and O–H groups in total. The lowest BCUT2D eigenvalue weighted by Crippen LogP contribution is -2.11. The molecule has 0 atom stereocenters. The van der Waals surface area contributed by atoms with Gasteiger partial charge in [0, 0.05) is 5.69 Å². The molecular weight excluding hydrogens is 282 g/mol. The van der Waals surface area contributed by atoms with E-state index in [9.17, 15) is 4.79 Å². The van der Waals surface area contributed by atoms with Gasteiger partial charge in [0.05, 0.1) is 0 Å². The van der Waals surface area contributed by atoms with Crippen LogP contribution < -0.4 is 5.32 Å². The number of fused-ring (bicyclic) bond motifs is 1. The van der Waals surface area contributed by atoms with E-state index in [0.717, 1.165) is 27.8 Å². The highest BCUT2D eigenvalue weighted by molar-refractivity contribution is 7.17. The maximum atomic E-state index is 11.9. The Morgan fingerprint density at radius 1 is 1.11 bits per heavy atom. The quantitative estimate of drug-likeness (QED) is 0.784. The van der Waals surface area contributed by atoms with Crippen LogP contribution in [-0.2, 0) is 0 Å². The van der Waals surface area contributed by atoms with Gasteiger partial charge in [-0.2, -0.15) is 0 Å². The summed E-state index contributed by atoms with van der Waals surface area (Å²) in [6.07, 6.45) is 0. The Hall–Kier alpha value is -1.98. The average Bonchev–Trinajstić information content (AvgIpc) is 2.85. The molecule has 0 unspecified atom stereocenters. The Morgan fingerprint density at radius 3 is 2.63 bits per heavy atom. The summed E-state index contributed by atoms with van der Waals surface area (Å²) >= 11 is 6.70. The highest BCUT2D eigenvalue weighted by atomic mass is 35.5. The van der Waals surface area contributed by atoms with Crippen molar-refractivity contribution >= 4 is 45.3 Å². The maximum absolute atomic E-state index is 11.9. The predicted octanol–water partition coefficient (Wildman–Crippen LogP) is 3.60. The summed E-state index contributed by atoms with van der Waals surface area (Å²) in [5.41, 5.74) is 0.718. The summed E-state index contributed by atoms with van der Waals surface area (Å²) in [5.74, 6) is -0.306. The molecule has 6 heteroatoms. The minimum atomic E-state index is -0.306. The van der Waals surface area contributed by atoms with E-state index in [1.165, 1.54) is 0 Å². The van der Waals surface area contributed by atoms with Gasteiger partial charge in [-0.15, -0.1) is 10.2 Å². The third-order valence-corrected chi connectivity index (χ3v) is 3.62. The first-order valence-electron chi connectivity index (χ1n) is 5.51. The fourth-order valence-electron chi connectivity index (χ4n) is 1.75. The van der Waals surface area contributed by atoms with E-state index >= 15 is 0 Å². The van der Waals surface area contributed by atoms with Gasteiger partial charge >= 0.3 is 0 Å². The van der Waals surface area contributed by atoms with Crippen molar-refractivity contribution < 1.29 is 4.79 Å². The van der Waals surface area contributed by atoms with Crippen LogP contribution in [0.5, 0.6) is 0 Å². The number of amides is 1. The van der Waals surface area contributed by atoms with E-state index in [1.54, 1.807) is 0 Å². The third-order valence-electron chi connectivity index (χ3n) is 2.60. The standard InChI is InChI=1S/C13H8ClN3OS/c14-13-17-16-12(19-13)11(18)15-10-6-5-8-3-1-2-4-9(8)7-10/h1-7H,(H,15,18). The number of hydrogen-bond donors (Lipinski definition) is 1. The van der Waals surface area contributed by atoms with Gasteiger partial charge in [-0.1, -0.05) is 41.7 Å². The topological polar surface area (TPSA) is 54.9 Å². The molecule has 2 aromatic carbocycles. The predicted molar refractivity (Wildman–Crippen MR) is 76.8 cm³/mol. The summed E-state index contributed by atoms with van der Waals surface area (Å²) in [6.45, 7) is 0. The Labute approximate surface area is 118 Å². The average molecular weight is 290 g/mol. The first-order chi connectivity index (χ1) is 9.22. The van der Waals surface area contributed by atoms with Crippen molar-refractivity contribution in [3.05, 3.63) is 51.9 Å². The number of nitrogens with one attached hydrogen (secondary N) is 1. The zero-order valence-corrected chi connectivity index (χ0v) is 11.2. The van der Waals surface area contributed by atoms with Gasteiger partial charge in [0.1, 0.15) is 0 Å². The zero-order valence-electron chi connectivity index (χ0n) is 9.63. The summed E-state index contributed by atoms with van der Waals surface area (Å²) in [6, 6.07) is 13.7. The second kappa shape index (κ2) is 4.95. The molecule has 1 aromatic heterocycles. The fraction of sp³-hybridized carbons (Fsp3) is 0. The van der Waals surface area contributed by atoms with Crippen LogP contribution in [0.1, 0.15) is 9.80 Å². The molecule has 0 saturated carbocycles. The van der Waals surface area contributed by atoms with E-state index in [0.29, 0.717) is 0 Å². The Kier molecular flexibility index (Phi) is 3.15. The van der Waals surface area contributed by atoms with E-state index < -0.39 is 0 Å². The molecule has 3 rings (SSSR count). The number of anilines is 1. The zero-order chi connectivity index (χ0) is 13.2. The number of aromatic nitrogens is 2. The van der Waals surface area contributed by atoms with Crippen LogP contribution in [0.25, 0.3) is 10.8 Å². The van der Waals surface area contributed by atoms with E-state index in [4.69, 9.17) is 11.6 Å². The van der Waals surface area contributed by atoms with Crippen molar-refractivity contribution in [2.45, 2.75) is 0 Å². The van der Waals surface area contributed by atoms with Crippen LogP contribution >= 0.6 is 22.9 Å². The molecule has 0 aliphatic carbocycles. The highest BCUT2D eigenvalue weighted by Crippen LogP contribution is 2.20. The monoisotopic (exact) mass is 289 g/mol. The number of nitrogens with zero attached hydrogens (tertiary/aromatic N) is 2. The minimum Gasteiger partial charge on any atom is -0.320 e. The Bertz CT molecular complexity index is 756. The van der Waals surface area contributed by atoms with Crippen molar-refractivity contribution in [3.63, 3.8) is 0 Å². The second-order valence-corrected chi connectivity index (χ2v) is 5.44. The third kappa shape index (κ3) is 2.57. The van der Waals surface area contributed by atoms with E-state index in [2.05, 4.69) is 15.5 Å². The van der Waals surface area contributed by atoms with E-state index in [1.807, 2.05) is 42.5 Å². The van der Waals surface area contributed by atoms with Gasteiger partial charge in [-0.05, 0) is 34.5 Å². The number of halogens is 1. The highest BCUT2D eigenvalue weighted by Gasteiger charge is 2.12. The molecule has 94 valence electrons. The fourth-order valence-corrected chi connectivity index (χ4v) is 2.47. The smallest absolute Gasteiger partial charge is 0.286 e. The van der Waals surface area contributed by atoms with Crippen LogP contribution in [0.3, 0.4) is 0 Å². The molecule has 1 heterocycles. The van der Waals surface area contributed by atoms with Crippen molar-refractivity contribution in [3.8, 4) is 0 Å². The maximum Gasteiger partial charge on any atom is 0.286 e. The number of carbonyl (C=O) groups excluding carboxylic acids is 1. The van der Waals surface area contributed by atoms with Crippen LogP contribution in [0.15, 0.2) is 42.5 Å². The molecule has 0 aliphatic rings. The summed E-state index contributed by atoms with van der Waals surface area (Å²) in [7, 11) is 0. The molecular formula is C13H8ClN3OS. The van der Waals surface area contributed by atoms with Gasteiger partial charge in [0.2, 0.25) is 9.47 Å². The number of hydrogen-bond acceptors (Lipinski definition) is 4. The number of benzene rings is 2. The molecule has 0 saturated heterocycles. The summed E-state index contributed by atoms with van der Waals surface area (Å²) < 4.78 is 0.253. The van der Waals surface area contributed by atoms with Crippen LogP contribution in [0.2, 0.25) is 4.47 Å². The van der Waals surface area contributed by atoms with Crippen molar-refractivity contribution in [2.24, 2.45) is 0 Å². The van der Waals surface area contributed by atoms with Crippen molar-refractivity contribution in [1.82, 2.24) is 10.2 Å². The largest absolute Gasteiger partial charge is 0.320 e. The molecule has 4 nitrogen and oxygen atoms in total. The van der Waals surface area contributed by atoms with E-state index in [-0.39, 0.29) is 15.4 Å². The Morgan fingerprint density at radius 2 is 1.89 bits per heavy atom. The molecule has 0 bridgehead atoms. The molecule has 0 radical (unpaired) electrons.